The van der Waals surface area contributed by atoms with Crippen LogP contribution in [0.5, 0.6) is 0 Å². The fraction of sp³-hybridized carbons (Fsp3) is 0.409. The number of carbonyl (C=O) groups is 1. The van der Waals surface area contributed by atoms with Crippen LogP contribution in [0, 0.1) is 11.3 Å². The average molecular weight is 415 g/mol. The maximum Gasteiger partial charge on any atom is 0.262 e. The number of nitrogens with zero attached hydrogens (tertiary/aromatic N) is 2. The molecule has 1 aliphatic rings. The average Bonchev–Trinajstić information content (AvgIpc) is 3.02. The molecule has 28 heavy (non-hydrogen) atoms. The standard InChI is InChI=1S/C22H23ClN2O2S/c1-22(2,3)14-6-9-16-18(10-14)28-20-19(16)21(27)25(12-24-20)11-17(26)13-4-7-15(23)8-5-13/h4-5,7-8,12,14H,6,9-11H2,1-3H3/t14-/m0/s1. The number of ketones is 1. The topological polar surface area (TPSA) is 52.0 Å². The van der Waals surface area contributed by atoms with E-state index in [0.717, 1.165) is 29.7 Å². The summed E-state index contributed by atoms with van der Waals surface area (Å²) in [5.74, 6) is 0.485. The molecule has 146 valence electrons. The molecular formula is C22H23ClN2O2S. The number of hydrogen-bond donors (Lipinski definition) is 0. The number of fused-ring (bicyclic) bond motifs is 3. The number of halogens is 1. The van der Waals surface area contributed by atoms with Gasteiger partial charge in [-0.2, -0.15) is 0 Å². The predicted octanol–water partition coefficient (Wildman–Crippen LogP) is 5.15. The normalized spacial score (nSPS) is 16.9. The van der Waals surface area contributed by atoms with Crippen molar-refractivity contribution in [1.29, 1.82) is 0 Å². The molecule has 2 heterocycles. The summed E-state index contributed by atoms with van der Waals surface area (Å²) in [6.45, 7) is 6.83. The van der Waals surface area contributed by atoms with E-state index in [2.05, 4.69) is 25.8 Å². The van der Waals surface area contributed by atoms with Crippen molar-refractivity contribution in [3.05, 3.63) is 62.0 Å². The summed E-state index contributed by atoms with van der Waals surface area (Å²) in [6.07, 6.45) is 4.49. The summed E-state index contributed by atoms with van der Waals surface area (Å²) in [5.41, 5.74) is 1.83. The number of carbonyl (C=O) groups excluding carboxylic acids is 1. The molecule has 1 atom stereocenters. The van der Waals surface area contributed by atoms with Gasteiger partial charge in [-0.3, -0.25) is 14.2 Å². The molecule has 0 fully saturated rings. The van der Waals surface area contributed by atoms with Gasteiger partial charge in [0, 0.05) is 15.5 Å². The number of rotatable bonds is 3. The van der Waals surface area contributed by atoms with Gasteiger partial charge in [0.2, 0.25) is 0 Å². The summed E-state index contributed by atoms with van der Waals surface area (Å²) in [7, 11) is 0. The van der Waals surface area contributed by atoms with Crippen LogP contribution in [0.15, 0.2) is 35.4 Å². The van der Waals surface area contributed by atoms with E-state index >= 15 is 0 Å². The van der Waals surface area contributed by atoms with Crippen LogP contribution in [0.25, 0.3) is 10.2 Å². The summed E-state index contributed by atoms with van der Waals surface area (Å²) < 4.78 is 1.43. The van der Waals surface area contributed by atoms with E-state index in [0.29, 0.717) is 21.9 Å². The largest absolute Gasteiger partial charge is 0.292 e. The Morgan fingerprint density at radius 1 is 1.29 bits per heavy atom. The molecule has 0 bridgehead atoms. The van der Waals surface area contributed by atoms with Crippen molar-refractivity contribution in [2.24, 2.45) is 11.3 Å². The molecule has 4 rings (SSSR count). The Morgan fingerprint density at radius 3 is 2.68 bits per heavy atom. The van der Waals surface area contributed by atoms with Gasteiger partial charge >= 0.3 is 0 Å². The molecule has 0 spiro atoms. The van der Waals surface area contributed by atoms with Crippen LogP contribution in [0.3, 0.4) is 0 Å². The molecule has 0 saturated carbocycles. The Morgan fingerprint density at radius 2 is 2.00 bits per heavy atom. The minimum absolute atomic E-state index is 0.0152. The maximum absolute atomic E-state index is 13.1. The second-order valence-corrected chi connectivity index (χ2v) is 10.1. The number of aromatic nitrogens is 2. The lowest BCUT2D eigenvalue weighted by Crippen LogP contribution is -2.27. The van der Waals surface area contributed by atoms with Crippen molar-refractivity contribution in [2.75, 3.05) is 0 Å². The van der Waals surface area contributed by atoms with Crippen molar-refractivity contribution in [1.82, 2.24) is 9.55 Å². The highest BCUT2D eigenvalue weighted by molar-refractivity contribution is 7.18. The van der Waals surface area contributed by atoms with Gasteiger partial charge in [0.15, 0.2) is 5.78 Å². The molecule has 6 heteroatoms. The van der Waals surface area contributed by atoms with Gasteiger partial charge in [-0.1, -0.05) is 32.4 Å². The molecule has 0 aliphatic heterocycles. The van der Waals surface area contributed by atoms with E-state index in [1.54, 1.807) is 35.6 Å². The van der Waals surface area contributed by atoms with Gasteiger partial charge in [-0.25, -0.2) is 4.98 Å². The second kappa shape index (κ2) is 7.12. The zero-order valence-corrected chi connectivity index (χ0v) is 17.9. The quantitative estimate of drug-likeness (QED) is 0.557. The van der Waals surface area contributed by atoms with Crippen LogP contribution in [0.1, 0.15) is 48.0 Å². The third-order valence-corrected chi connectivity index (χ3v) is 7.16. The highest BCUT2D eigenvalue weighted by Gasteiger charge is 2.31. The summed E-state index contributed by atoms with van der Waals surface area (Å²) >= 11 is 7.52. The Kier molecular flexibility index (Phi) is 4.92. The van der Waals surface area contributed by atoms with E-state index < -0.39 is 0 Å². The number of thiophene rings is 1. The molecule has 0 unspecified atom stereocenters. The predicted molar refractivity (Wildman–Crippen MR) is 115 cm³/mol. The SMILES string of the molecule is CC(C)(C)[C@H]1CCc2c(sc3ncn(CC(=O)c4ccc(Cl)cc4)c(=O)c23)C1. The number of benzene rings is 1. The molecule has 1 aromatic carbocycles. The summed E-state index contributed by atoms with van der Waals surface area (Å²) in [4.78, 5) is 32.3. The first-order chi connectivity index (χ1) is 13.2. The zero-order chi connectivity index (χ0) is 20.1. The van der Waals surface area contributed by atoms with Gasteiger partial charge in [0.1, 0.15) is 4.83 Å². The van der Waals surface area contributed by atoms with Crippen LogP contribution in [-0.2, 0) is 19.4 Å². The summed E-state index contributed by atoms with van der Waals surface area (Å²) in [6, 6.07) is 6.72. The maximum atomic E-state index is 13.1. The Bertz CT molecular complexity index is 1110. The minimum atomic E-state index is -0.128. The van der Waals surface area contributed by atoms with E-state index in [4.69, 9.17) is 11.6 Å². The third-order valence-electron chi connectivity index (χ3n) is 5.74. The van der Waals surface area contributed by atoms with Crippen LogP contribution in [0.4, 0.5) is 0 Å². The Hall–Kier alpha value is -1.98. The molecule has 3 aromatic rings. The van der Waals surface area contributed by atoms with E-state index in [1.165, 1.54) is 15.8 Å². The molecule has 2 aromatic heterocycles. The Balaban J connectivity index is 1.67. The van der Waals surface area contributed by atoms with Gasteiger partial charge in [0.25, 0.3) is 5.56 Å². The number of aryl methyl sites for hydroxylation is 1. The van der Waals surface area contributed by atoms with E-state index in [1.807, 2.05) is 0 Å². The van der Waals surface area contributed by atoms with Crippen molar-refractivity contribution in [3.8, 4) is 0 Å². The number of Topliss-reactive ketones (excluding diaryl/α,β-unsaturated/α-hetero) is 1. The second-order valence-electron chi connectivity index (χ2n) is 8.60. The van der Waals surface area contributed by atoms with Crippen molar-refractivity contribution in [3.63, 3.8) is 0 Å². The van der Waals surface area contributed by atoms with Crippen LogP contribution in [0.2, 0.25) is 5.02 Å². The van der Waals surface area contributed by atoms with Gasteiger partial charge < -0.3 is 0 Å². The highest BCUT2D eigenvalue weighted by atomic mass is 35.5. The fourth-order valence-electron chi connectivity index (χ4n) is 3.93. The van der Waals surface area contributed by atoms with Gasteiger partial charge in [0.05, 0.1) is 18.3 Å². The lowest BCUT2D eigenvalue weighted by Gasteiger charge is -2.33. The Labute approximate surface area is 173 Å². The minimum Gasteiger partial charge on any atom is -0.292 e. The smallest absolute Gasteiger partial charge is 0.262 e. The molecular weight excluding hydrogens is 392 g/mol. The lowest BCUT2D eigenvalue weighted by molar-refractivity contribution is 0.0970. The van der Waals surface area contributed by atoms with Crippen LogP contribution < -0.4 is 5.56 Å². The third kappa shape index (κ3) is 3.53. The first-order valence-corrected chi connectivity index (χ1v) is 10.7. The lowest BCUT2D eigenvalue weighted by atomic mass is 9.72. The molecule has 0 radical (unpaired) electrons. The fourth-order valence-corrected chi connectivity index (χ4v) is 5.32. The zero-order valence-electron chi connectivity index (χ0n) is 16.3. The van der Waals surface area contributed by atoms with Crippen molar-refractivity contribution >= 4 is 38.9 Å². The van der Waals surface area contributed by atoms with Crippen molar-refractivity contribution in [2.45, 2.75) is 46.6 Å². The van der Waals surface area contributed by atoms with Crippen LogP contribution >= 0.6 is 22.9 Å². The molecule has 0 N–H and O–H groups in total. The van der Waals surface area contributed by atoms with Crippen LogP contribution in [-0.4, -0.2) is 15.3 Å². The monoisotopic (exact) mass is 414 g/mol. The molecule has 0 amide bonds. The highest BCUT2D eigenvalue weighted by Crippen LogP contribution is 2.41. The van der Waals surface area contributed by atoms with Gasteiger partial charge in [-0.05, 0) is 60.4 Å². The first-order valence-electron chi connectivity index (χ1n) is 9.52. The van der Waals surface area contributed by atoms with E-state index in [-0.39, 0.29) is 23.3 Å². The molecule has 1 aliphatic carbocycles. The van der Waals surface area contributed by atoms with Crippen molar-refractivity contribution < 1.29 is 4.79 Å². The summed E-state index contributed by atoms with van der Waals surface area (Å²) in [5, 5.41) is 1.29. The molecule has 0 saturated heterocycles. The first kappa shape index (κ1) is 19.3. The molecule has 4 nitrogen and oxygen atoms in total. The van der Waals surface area contributed by atoms with E-state index in [9.17, 15) is 9.59 Å². The number of hydrogen-bond acceptors (Lipinski definition) is 4. The van der Waals surface area contributed by atoms with Gasteiger partial charge in [-0.15, -0.1) is 11.3 Å².